The summed E-state index contributed by atoms with van der Waals surface area (Å²) >= 11 is 0. The van der Waals surface area contributed by atoms with E-state index in [1.807, 2.05) is 7.05 Å². The van der Waals surface area contributed by atoms with Gasteiger partial charge in [0.2, 0.25) is 0 Å². The van der Waals surface area contributed by atoms with Crippen molar-refractivity contribution in [3.63, 3.8) is 0 Å². The Balaban J connectivity index is 1.84. The zero-order chi connectivity index (χ0) is 13.1. The lowest BCUT2D eigenvalue weighted by Crippen LogP contribution is -2.17. The van der Waals surface area contributed by atoms with Gasteiger partial charge in [-0.25, -0.2) is 0 Å². The fourth-order valence-electron chi connectivity index (χ4n) is 3.10. The van der Waals surface area contributed by atoms with Crippen molar-refractivity contribution >= 4 is 10.9 Å². The molecular formula is C17H24N2. The van der Waals surface area contributed by atoms with Gasteiger partial charge in [-0.05, 0) is 62.2 Å². The first-order valence-corrected chi connectivity index (χ1v) is 7.60. The number of aromatic nitrogens is 1. The fourth-order valence-corrected chi connectivity index (χ4v) is 3.10. The van der Waals surface area contributed by atoms with Crippen LogP contribution in [0.25, 0.3) is 10.9 Å². The second-order valence-electron chi connectivity index (χ2n) is 5.83. The Bertz CT molecular complexity index is 537. The normalized spacial score (nSPS) is 15.8. The molecule has 1 aliphatic rings. The Morgan fingerprint density at radius 2 is 2.16 bits per heavy atom. The van der Waals surface area contributed by atoms with E-state index in [9.17, 15) is 0 Å². The van der Waals surface area contributed by atoms with Gasteiger partial charge in [0, 0.05) is 12.7 Å². The van der Waals surface area contributed by atoms with Gasteiger partial charge in [-0.1, -0.05) is 24.6 Å². The molecule has 1 aromatic heterocycles. The minimum absolute atomic E-state index is 0.918. The highest BCUT2D eigenvalue weighted by molar-refractivity contribution is 5.83. The van der Waals surface area contributed by atoms with Crippen molar-refractivity contribution in [2.75, 3.05) is 13.6 Å². The van der Waals surface area contributed by atoms with Crippen molar-refractivity contribution in [1.82, 2.24) is 9.88 Å². The molecule has 1 N–H and O–H groups in total. The van der Waals surface area contributed by atoms with Crippen LogP contribution in [0.4, 0.5) is 0 Å². The van der Waals surface area contributed by atoms with E-state index in [1.165, 1.54) is 55.1 Å². The lowest BCUT2D eigenvalue weighted by Gasteiger charge is -2.26. The molecule has 0 amide bonds. The highest BCUT2D eigenvalue weighted by Gasteiger charge is 2.18. The van der Waals surface area contributed by atoms with Crippen molar-refractivity contribution in [2.24, 2.45) is 5.92 Å². The van der Waals surface area contributed by atoms with Crippen molar-refractivity contribution in [3.05, 3.63) is 36.0 Å². The highest BCUT2D eigenvalue weighted by atomic mass is 15.0. The lowest BCUT2D eigenvalue weighted by atomic mass is 9.85. The molecule has 19 heavy (non-hydrogen) atoms. The van der Waals surface area contributed by atoms with E-state index in [0.717, 1.165) is 12.5 Å². The molecule has 0 unspecified atom stereocenters. The number of benzene rings is 1. The van der Waals surface area contributed by atoms with Gasteiger partial charge in [0.05, 0.1) is 5.52 Å². The van der Waals surface area contributed by atoms with Crippen LogP contribution >= 0.6 is 0 Å². The minimum atomic E-state index is 0.918. The molecule has 0 bridgehead atoms. The number of nitrogens with zero attached hydrogens (tertiary/aromatic N) is 1. The number of aryl methyl sites for hydroxylation is 1. The third-order valence-corrected chi connectivity index (χ3v) is 4.42. The van der Waals surface area contributed by atoms with Crippen LogP contribution in [-0.4, -0.2) is 18.2 Å². The van der Waals surface area contributed by atoms with E-state index in [2.05, 4.69) is 40.3 Å². The lowest BCUT2D eigenvalue weighted by molar-refractivity contribution is 0.279. The van der Waals surface area contributed by atoms with Gasteiger partial charge in [0.15, 0.2) is 0 Å². The topological polar surface area (TPSA) is 17.0 Å². The average Bonchev–Trinajstić information content (AvgIpc) is 2.78. The molecule has 2 nitrogen and oxygen atoms in total. The van der Waals surface area contributed by atoms with Gasteiger partial charge in [0.1, 0.15) is 0 Å². The number of hydrogen-bond acceptors (Lipinski definition) is 1. The van der Waals surface area contributed by atoms with E-state index < -0.39 is 0 Å². The highest BCUT2D eigenvalue weighted by Crippen LogP contribution is 2.30. The summed E-state index contributed by atoms with van der Waals surface area (Å²) in [4.78, 5) is 0. The smallest absolute Gasteiger partial charge is 0.0512 e. The van der Waals surface area contributed by atoms with Crippen LogP contribution in [0.15, 0.2) is 30.5 Å². The van der Waals surface area contributed by atoms with Crippen molar-refractivity contribution in [2.45, 2.75) is 38.6 Å². The quantitative estimate of drug-likeness (QED) is 0.782. The van der Waals surface area contributed by atoms with Gasteiger partial charge >= 0.3 is 0 Å². The molecule has 0 saturated heterocycles. The first kappa shape index (κ1) is 12.7. The summed E-state index contributed by atoms with van der Waals surface area (Å²) in [6.07, 6.45) is 8.93. The van der Waals surface area contributed by atoms with Gasteiger partial charge < -0.3 is 9.88 Å². The van der Waals surface area contributed by atoms with Crippen LogP contribution in [0.2, 0.25) is 0 Å². The molecule has 102 valence electrons. The van der Waals surface area contributed by atoms with Gasteiger partial charge in [-0.2, -0.15) is 0 Å². The predicted molar refractivity (Wildman–Crippen MR) is 81.5 cm³/mol. The van der Waals surface area contributed by atoms with Crippen LogP contribution in [0.1, 0.15) is 31.2 Å². The first-order chi connectivity index (χ1) is 9.38. The van der Waals surface area contributed by atoms with E-state index in [1.54, 1.807) is 0 Å². The van der Waals surface area contributed by atoms with Crippen LogP contribution in [0, 0.1) is 5.92 Å². The summed E-state index contributed by atoms with van der Waals surface area (Å²) in [5.41, 5.74) is 2.99. The van der Waals surface area contributed by atoms with Crippen LogP contribution in [0.3, 0.4) is 0 Å². The van der Waals surface area contributed by atoms with Gasteiger partial charge in [-0.3, -0.25) is 0 Å². The van der Waals surface area contributed by atoms with E-state index in [0.29, 0.717) is 0 Å². The van der Waals surface area contributed by atoms with Crippen molar-refractivity contribution in [1.29, 1.82) is 0 Å². The monoisotopic (exact) mass is 256 g/mol. The predicted octanol–water partition coefficient (Wildman–Crippen LogP) is 3.59. The van der Waals surface area contributed by atoms with E-state index >= 15 is 0 Å². The van der Waals surface area contributed by atoms with E-state index in [4.69, 9.17) is 0 Å². The zero-order valence-electron chi connectivity index (χ0n) is 11.9. The minimum Gasteiger partial charge on any atom is -0.347 e. The number of nitrogens with one attached hydrogen (secondary N) is 1. The Morgan fingerprint density at radius 1 is 1.26 bits per heavy atom. The second-order valence-corrected chi connectivity index (χ2v) is 5.83. The molecule has 0 spiro atoms. The molecular weight excluding hydrogens is 232 g/mol. The maximum Gasteiger partial charge on any atom is 0.0512 e. The third kappa shape index (κ3) is 2.69. The maximum atomic E-state index is 3.24. The van der Waals surface area contributed by atoms with Gasteiger partial charge in [-0.15, -0.1) is 0 Å². The summed E-state index contributed by atoms with van der Waals surface area (Å²) in [6, 6.07) is 9.02. The largest absolute Gasteiger partial charge is 0.347 e. The number of fused-ring (bicyclic) bond motifs is 1. The SMILES string of the molecule is CNCCCc1cccc2ccn(CC3CCC3)c12. The van der Waals surface area contributed by atoms with Crippen LogP contribution in [-0.2, 0) is 13.0 Å². The molecule has 0 aliphatic heterocycles. The summed E-state index contributed by atoms with van der Waals surface area (Å²) in [5, 5.41) is 4.64. The van der Waals surface area contributed by atoms with Crippen LogP contribution in [0.5, 0.6) is 0 Å². The molecule has 1 heterocycles. The zero-order valence-corrected chi connectivity index (χ0v) is 11.9. The molecule has 1 aromatic carbocycles. The molecule has 3 rings (SSSR count). The number of para-hydroxylation sites is 1. The Hall–Kier alpha value is -1.28. The summed E-state index contributed by atoms with van der Waals surface area (Å²) in [7, 11) is 2.03. The van der Waals surface area contributed by atoms with Gasteiger partial charge in [0.25, 0.3) is 0 Å². The van der Waals surface area contributed by atoms with Crippen molar-refractivity contribution < 1.29 is 0 Å². The number of rotatable bonds is 6. The van der Waals surface area contributed by atoms with E-state index in [-0.39, 0.29) is 0 Å². The fraction of sp³-hybridized carbons (Fsp3) is 0.529. The molecule has 2 aromatic rings. The Labute approximate surface area is 115 Å². The summed E-state index contributed by atoms with van der Waals surface area (Å²) in [6.45, 7) is 2.31. The maximum absolute atomic E-state index is 3.24. The summed E-state index contributed by atoms with van der Waals surface area (Å²) < 4.78 is 2.49. The third-order valence-electron chi connectivity index (χ3n) is 4.42. The van der Waals surface area contributed by atoms with Crippen LogP contribution < -0.4 is 5.32 Å². The summed E-state index contributed by atoms with van der Waals surface area (Å²) in [5.74, 6) is 0.918. The molecule has 2 heteroatoms. The average molecular weight is 256 g/mol. The Kier molecular flexibility index (Phi) is 3.88. The van der Waals surface area contributed by atoms with Crippen molar-refractivity contribution in [3.8, 4) is 0 Å². The second kappa shape index (κ2) is 5.79. The number of hydrogen-bond donors (Lipinski definition) is 1. The molecule has 1 fully saturated rings. The molecule has 1 aliphatic carbocycles. The standard InChI is InChI=1S/C17H24N2/c1-18-11-4-9-15-7-3-8-16-10-12-19(17(15)16)13-14-5-2-6-14/h3,7-8,10,12,14,18H,2,4-6,9,11,13H2,1H3. The first-order valence-electron chi connectivity index (χ1n) is 7.60. The molecule has 0 atom stereocenters. The molecule has 1 saturated carbocycles. The molecule has 0 radical (unpaired) electrons. The Morgan fingerprint density at radius 3 is 2.89 bits per heavy atom.